The van der Waals surface area contributed by atoms with Crippen molar-refractivity contribution in [2.24, 2.45) is 0 Å². The van der Waals surface area contributed by atoms with E-state index in [0.29, 0.717) is 34.9 Å². The smallest absolute Gasteiger partial charge is 0.303 e. The fraction of sp³-hybridized carbons (Fsp3) is 0.292. The molecule has 5 rings (SSSR count). The standard InChI is InChI=1S/C24H23ClF2N4O2S2/c1-14-9-15(5-7-28-14)20-10-17(25)11-21(26)23(20)19-4-2-3-16-13-31(8-6-18(16)19)35(32,33)30-24-29-12-22(27)34-24/h2-5,10-12,14,28H,6-9,13H2,1H3,(H,29,30). The van der Waals surface area contributed by atoms with Crippen molar-refractivity contribution in [3.63, 3.8) is 0 Å². The minimum Gasteiger partial charge on any atom is -0.310 e. The van der Waals surface area contributed by atoms with E-state index in [9.17, 15) is 12.8 Å². The Morgan fingerprint density at radius 3 is 2.83 bits per heavy atom. The topological polar surface area (TPSA) is 74.3 Å². The molecule has 1 unspecified atom stereocenters. The van der Waals surface area contributed by atoms with Crippen molar-refractivity contribution in [3.05, 3.63) is 75.3 Å². The third-order valence-corrected chi connectivity index (χ3v) is 8.77. The van der Waals surface area contributed by atoms with Gasteiger partial charge in [0, 0.05) is 36.3 Å². The van der Waals surface area contributed by atoms with E-state index in [0.717, 1.165) is 40.4 Å². The molecule has 0 spiro atoms. The second-order valence-corrected chi connectivity index (χ2v) is 11.7. The Morgan fingerprint density at radius 1 is 1.26 bits per heavy atom. The van der Waals surface area contributed by atoms with Gasteiger partial charge >= 0.3 is 10.2 Å². The van der Waals surface area contributed by atoms with Gasteiger partial charge in [-0.3, -0.25) is 0 Å². The minimum absolute atomic E-state index is 0.0283. The molecule has 1 aromatic heterocycles. The molecule has 35 heavy (non-hydrogen) atoms. The molecule has 2 N–H and O–H groups in total. The van der Waals surface area contributed by atoms with Crippen molar-refractivity contribution >= 4 is 43.9 Å². The summed E-state index contributed by atoms with van der Waals surface area (Å²) < 4.78 is 58.1. The zero-order valence-corrected chi connectivity index (χ0v) is 21.2. The van der Waals surface area contributed by atoms with Crippen LogP contribution in [0.25, 0.3) is 16.7 Å². The number of anilines is 1. The molecule has 0 fully saturated rings. The van der Waals surface area contributed by atoms with Crippen LogP contribution in [0.1, 0.15) is 30.0 Å². The van der Waals surface area contributed by atoms with Crippen molar-refractivity contribution < 1.29 is 17.2 Å². The molecule has 0 saturated heterocycles. The maximum atomic E-state index is 15.4. The van der Waals surface area contributed by atoms with Crippen LogP contribution in [0.15, 0.2) is 42.6 Å². The number of fused-ring (bicyclic) bond motifs is 1. The Hall–Kier alpha value is -2.37. The van der Waals surface area contributed by atoms with Crippen molar-refractivity contribution in [1.82, 2.24) is 14.6 Å². The van der Waals surface area contributed by atoms with Gasteiger partial charge in [0.25, 0.3) is 0 Å². The lowest BCUT2D eigenvalue weighted by Crippen LogP contribution is -2.39. The predicted molar refractivity (Wildman–Crippen MR) is 136 cm³/mol. The third kappa shape index (κ3) is 4.99. The van der Waals surface area contributed by atoms with Gasteiger partial charge in [0.05, 0.1) is 6.20 Å². The Balaban J connectivity index is 1.51. The van der Waals surface area contributed by atoms with E-state index in [-0.39, 0.29) is 24.3 Å². The highest BCUT2D eigenvalue weighted by atomic mass is 35.5. The molecular formula is C24H23ClF2N4O2S2. The zero-order chi connectivity index (χ0) is 24.7. The van der Waals surface area contributed by atoms with E-state index in [1.165, 1.54) is 10.4 Å². The molecule has 0 radical (unpaired) electrons. The summed E-state index contributed by atoms with van der Waals surface area (Å²) in [5.74, 6) is -0.407. The summed E-state index contributed by atoms with van der Waals surface area (Å²) >= 11 is 6.88. The average molecular weight is 537 g/mol. The number of thiazole rings is 1. The number of benzene rings is 2. The molecule has 2 aliphatic heterocycles. The molecule has 6 nitrogen and oxygen atoms in total. The summed E-state index contributed by atoms with van der Waals surface area (Å²) in [5.41, 5.74) is 4.72. The summed E-state index contributed by atoms with van der Waals surface area (Å²) in [4.78, 5) is 3.73. The Bertz CT molecular complexity index is 1420. The van der Waals surface area contributed by atoms with Crippen LogP contribution in [0, 0.1) is 10.9 Å². The Labute approximate surface area is 211 Å². The highest BCUT2D eigenvalue weighted by Gasteiger charge is 2.30. The fourth-order valence-corrected chi connectivity index (χ4v) is 6.81. The second kappa shape index (κ2) is 9.59. The van der Waals surface area contributed by atoms with Gasteiger partial charge in [-0.15, -0.1) is 0 Å². The van der Waals surface area contributed by atoms with Crippen LogP contribution in [0.3, 0.4) is 0 Å². The molecule has 3 aromatic rings. The first-order valence-electron chi connectivity index (χ1n) is 11.1. The molecule has 0 aliphatic carbocycles. The van der Waals surface area contributed by atoms with Crippen LogP contribution in [0.5, 0.6) is 0 Å². The first-order chi connectivity index (χ1) is 16.7. The maximum Gasteiger partial charge on any atom is 0.303 e. The average Bonchev–Trinajstić information content (AvgIpc) is 3.21. The second-order valence-electron chi connectivity index (χ2n) is 8.66. The third-order valence-electron chi connectivity index (χ3n) is 6.28. The number of nitrogens with zero attached hydrogens (tertiary/aromatic N) is 2. The summed E-state index contributed by atoms with van der Waals surface area (Å²) in [7, 11) is -3.93. The number of nitrogens with one attached hydrogen (secondary N) is 2. The molecule has 1 atom stereocenters. The Kier molecular flexibility index (Phi) is 6.67. The van der Waals surface area contributed by atoms with Crippen LogP contribution >= 0.6 is 22.9 Å². The van der Waals surface area contributed by atoms with Crippen molar-refractivity contribution in [3.8, 4) is 11.1 Å². The van der Waals surface area contributed by atoms with Gasteiger partial charge in [-0.25, -0.2) is 14.1 Å². The highest BCUT2D eigenvalue weighted by Crippen LogP contribution is 2.40. The van der Waals surface area contributed by atoms with Gasteiger partial charge in [-0.2, -0.15) is 17.1 Å². The van der Waals surface area contributed by atoms with Crippen molar-refractivity contribution in [2.75, 3.05) is 17.8 Å². The van der Waals surface area contributed by atoms with Crippen molar-refractivity contribution in [2.45, 2.75) is 32.4 Å². The van der Waals surface area contributed by atoms with E-state index < -0.39 is 21.2 Å². The highest BCUT2D eigenvalue weighted by molar-refractivity contribution is 7.90. The van der Waals surface area contributed by atoms with Crippen LogP contribution in [0.4, 0.5) is 13.9 Å². The molecule has 0 bridgehead atoms. The molecule has 2 aromatic carbocycles. The van der Waals surface area contributed by atoms with Crippen molar-refractivity contribution in [1.29, 1.82) is 0 Å². The van der Waals surface area contributed by atoms with E-state index >= 15 is 4.39 Å². The summed E-state index contributed by atoms with van der Waals surface area (Å²) in [6.07, 6.45) is 4.18. The lowest BCUT2D eigenvalue weighted by molar-refractivity contribution is 0.395. The number of aromatic nitrogens is 1. The predicted octanol–water partition coefficient (Wildman–Crippen LogP) is 5.22. The number of halogens is 3. The quantitative estimate of drug-likeness (QED) is 0.469. The fourth-order valence-electron chi connectivity index (χ4n) is 4.69. The van der Waals surface area contributed by atoms with Gasteiger partial charge in [-0.1, -0.05) is 47.2 Å². The maximum absolute atomic E-state index is 15.4. The van der Waals surface area contributed by atoms with E-state index in [1.807, 2.05) is 18.2 Å². The van der Waals surface area contributed by atoms with E-state index in [4.69, 9.17) is 11.6 Å². The van der Waals surface area contributed by atoms with Crippen LogP contribution in [0.2, 0.25) is 5.02 Å². The molecular weight excluding hydrogens is 514 g/mol. The van der Waals surface area contributed by atoms with Crippen LogP contribution in [-0.4, -0.2) is 36.8 Å². The SMILES string of the molecule is CC1CC(c2cc(Cl)cc(F)c2-c2cccc3c2CCN(S(=O)(=O)Nc2ncc(F)s2)C3)=CCN1. The molecule has 0 amide bonds. The normalized spacial score (nSPS) is 18.7. The minimum atomic E-state index is -3.93. The first-order valence-corrected chi connectivity index (χ1v) is 13.8. The van der Waals surface area contributed by atoms with Gasteiger partial charge in [0.15, 0.2) is 10.3 Å². The molecule has 11 heteroatoms. The van der Waals surface area contributed by atoms with E-state index in [2.05, 4.69) is 28.0 Å². The number of rotatable bonds is 5. The van der Waals surface area contributed by atoms with Gasteiger partial charge in [-0.05, 0) is 59.7 Å². The molecule has 3 heterocycles. The zero-order valence-electron chi connectivity index (χ0n) is 18.8. The van der Waals surface area contributed by atoms with Gasteiger partial charge in [0.2, 0.25) is 0 Å². The van der Waals surface area contributed by atoms with Gasteiger partial charge in [0.1, 0.15) is 5.82 Å². The van der Waals surface area contributed by atoms with Crippen LogP contribution in [-0.2, 0) is 23.2 Å². The summed E-state index contributed by atoms with van der Waals surface area (Å²) in [6.45, 7) is 3.09. The van der Waals surface area contributed by atoms with Gasteiger partial charge < -0.3 is 5.32 Å². The first kappa shape index (κ1) is 24.3. The molecule has 184 valence electrons. The molecule has 0 saturated carbocycles. The monoisotopic (exact) mass is 536 g/mol. The lowest BCUT2D eigenvalue weighted by atomic mass is 9.85. The van der Waals surface area contributed by atoms with Crippen LogP contribution < -0.4 is 10.0 Å². The van der Waals surface area contributed by atoms with E-state index in [1.54, 1.807) is 6.07 Å². The Morgan fingerprint density at radius 2 is 2.09 bits per heavy atom. The summed E-state index contributed by atoms with van der Waals surface area (Å²) in [5, 5.41) is 3.09. The molecule has 2 aliphatic rings. The lowest BCUT2D eigenvalue weighted by Gasteiger charge is -2.30. The number of hydrogen-bond donors (Lipinski definition) is 2. The summed E-state index contributed by atoms with van der Waals surface area (Å²) in [6, 6.07) is 8.92. The number of hydrogen-bond acceptors (Lipinski definition) is 5. The largest absolute Gasteiger partial charge is 0.310 e.